The third-order valence-corrected chi connectivity index (χ3v) is 6.23. The molecule has 0 unspecified atom stereocenters. The lowest BCUT2D eigenvalue weighted by atomic mass is 10.1. The third kappa shape index (κ3) is 5.11. The number of sulfonamides is 1. The van der Waals surface area contributed by atoms with Crippen LogP contribution in [0.2, 0.25) is 5.02 Å². The molecule has 0 atom stereocenters. The number of anilines is 1. The van der Waals surface area contributed by atoms with Crippen LogP contribution in [0.5, 0.6) is 0 Å². The summed E-state index contributed by atoms with van der Waals surface area (Å²) in [5.74, 6) is 0.164. The number of hydrogen-bond donors (Lipinski definition) is 2. The molecule has 2 N–H and O–H groups in total. The molecule has 0 radical (unpaired) electrons. The van der Waals surface area contributed by atoms with E-state index in [2.05, 4.69) is 15.2 Å². The van der Waals surface area contributed by atoms with Gasteiger partial charge in [0, 0.05) is 16.6 Å². The first-order chi connectivity index (χ1) is 13.3. The molecule has 148 valence electrons. The third-order valence-electron chi connectivity index (χ3n) is 4.75. The highest BCUT2D eigenvalue weighted by Gasteiger charge is 2.22. The summed E-state index contributed by atoms with van der Waals surface area (Å²) in [6.45, 7) is 1.70. The molecule has 0 aromatic heterocycles. The van der Waals surface area contributed by atoms with Gasteiger partial charge in [0.25, 0.3) is 10.0 Å². The van der Waals surface area contributed by atoms with Gasteiger partial charge in [-0.05, 0) is 61.7 Å². The van der Waals surface area contributed by atoms with Gasteiger partial charge < -0.3 is 5.32 Å². The Labute approximate surface area is 170 Å². The van der Waals surface area contributed by atoms with Crippen molar-refractivity contribution in [2.45, 2.75) is 37.5 Å². The quantitative estimate of drug-likeness (QED) is 0.544. The number of carbonyl (C=O) groups excluding carboxylic acids is 1. The fraction of sp³-hybridized carbons (Fsp3) is 0.300. The second-order valence-electron chi connectivity index (χ2n) is 6.79. The number of carbonyl (C=O) groups is 1. The van der Waals surface area contributed by atoms with Crippen LogP contribution in [0.15, 0.2) is 58.5 Å². The van der Waals surface area contributed by atoms with Crippen LogP contribution in [0.4, 0.5) is 5.69 Å². The van der Waals surface area contributed by atoms with Gasteiger partial charge in [-0.2, -0.15) is 18.4 Å². The van der Waals surface area contributed by atoms with Crippen molar-refractivity contribution < 1.29 is 13.2 Å². The summed E-state index contributed by atoms with van der Waals surface area (Å²) in [7, 11) is -3.77. The second-order valence-corrected chi connectivity index (χ2v) is 8.89. The molecule has 1 amide bonds. The van der Waals surface area contributed by atoms with Gasteiger partial charge in [0.15, 0.2) is 0 Å². The van der Waals surface area contributed by atoms with E-state index < -0.39 is 10.0 Å². The summed E-state index contributed by atoms with van der Waals surface area (Å²) in [6, 6.07) is 13.0. The van der Waals surface area contributed by atoms with Crippen LogP contribution in [0.25, 0.3) is 0 Å². The van der Waals surface area contributed by atoms with E-state index >= 15 is 0 Å². The van der Waals surface area contributed by atoms with Gasteiger partial charge in [-0.3, -0.25) is 4.79 Å². The Morgan fingerprint density at radius 3 is 2.25 bits per heavy atom. The lowest BCUT2D eigenvalue weighted by Gasteiger charge is -2.11. The minimum atomic E-state index is -3.77. The number of nitrogens with one attached hydrogen (secondary N) is 2. The number of amides is 1. The predicted molar refractivity (Wildman–Crippen MR) is 111 cm³/mol. The van der Waals surface area contributed by atoms with E-state index in [9.17, 15) is 13.2 Å². The van der Waals surface area contributed by atoms with E-state index in [1.165, 1.54) is 24.3 Å². The number of halogens is 1. The van der Waals surface area contributed by atoms with Crippen molar-refractivity contribution in [2.75, 3.05) is 5.32 Å². The van der Waals surface area contributed by atoms with Gasteiger partial charge in [-0.1, -0.05) is 36.6 Å². The monoisotopic (exact) mass is 419 g/mol. The maximum atomic E-state index is 12.3. The van der Waals surface area contributed by atoms with Crippen LogP contribution in [0, 0.1) is 5.92 Å². The maximum Gasteiger partial charge on any atom is 0.276 e. The summed E-state index contributed by atoms with van der Waals surface area (Å²) in [5.41, 5.74) is 1.97. The number of benzene rings is 2. The van der Waals surface area contributed by atoms with Crippen molar-refractivity contribution in [3.05, 3.63) is 59.1 Å². The molecule has 28 heavy (non-hydrogen) atoms. The average Bonchev–Trinajstić information content (AvgIpc) is 3.22. The van der Waals surface area contributed by atoms with Crippen molar-refractivity contribution in [3.63, 3.8) is 0 Å². The maximum absolute atomic E-state index is 12.3. The minimum absolute atomic E-state index is 0.0614. The zero-order chi connectivity index (χ0) is 20.1. The molecule has 6 nitrogen and oxygen atoms in total. The Morgan fingerprint density at radius 1 is 1.04 bits per heavy atom. The molecule has 1 saturated carbocycles. The zero-order valence-corrected chi connectivity index (χ0v) is 17.1. The molecule has 1 aliphatic rings. The summed E-state index contributed by atoms with van der Waals surface area (Å²) in [5, 5.41) is 7.37. The zero-order valence-electron chi connectivity index (χ0n) is 15.5. The van der Waals surface area contributed by atoms with Gasteiger partial charge in [-0.25, -0.2) is 0 Å². The number of hydrazone groups is 1. The Hall–Kier alpha value is -2.38. The number of rotatable bonds is 6. The van der Waals surface area contributed by atoms with Crippen molar-refractivity contribution in [1.82, 2.24) is 4.83 Å². The van der Waals surface area contributed by atoms with E-state index in [1.807, 2.05) is 0 Å². The molecule has 1 aliphatic carbocycles. The van der Waals surface area contributed by atoms with Crippen LogP contribution < -0.4 is 10.1 Å². The first kappa shape index (κ1) is 20.4. The fourth-order valence-electron chi connectivity index (χ4n) is 3.09. The standard InChI is InChI=1S/C20H22ClN3O3S/c1-14(23-24-28(26,27)19-12-8-17(21)9-13-19)15-6-10-18(11-7-15)22-20(25)16-4-2-3-5-16/h6-13,16,24H,2-5H2,1H3,(H,22,25). The highest BCUT2D eigenvalue weighted by Crippen LogP contribution is 2.26. The van der Waals surface area contributed by atoms with Crippen molar-refractivity contribution >= 4 is 38.9 Å². The van der Waals surface area contributed by atoms with Gasteiger partial charge in [-0.15, -0.1) is 0 Å². The molecule has 2 aromatic carbocycles. The van der Waals surface area contributed by atoms with Crippen LogP contribution in [-0.2, 0) is 14.8 Å². The Kier molecular flexibility index (Phi) is 6.36. The summed E-state index contributed by atoms with van der Waals surface area (Å²) in [6.07, 6.45) is 4.12. The lowest BCUT2D eigenvalue weighted by Crippen LogP contribution is -2.20. The fourth-order valence-corrected chi connectivity index (χ4v) is 4.07. The SMILES string of the molecule is CC(=NNS(=O)(=O)c1ccc(Cl)cc1)c1ccc(NC(=O)C2CCCC2)cc1. The van der Waals surface area contributed by atoms with Crippen LogP contribution in [0.3, 0.4) is 0 Å². The van der Waals surface area contributed by atoms with Crippen molar-refractivity contribution in [2.24, 2.45) is 11.0 Å². The average molecular weight is 420 g/mol. The topological polar surface area (TPSA) is 87.6 Å². The predicted octanol–water partition coefficient (Wildman–Crippen LogP) is 4.17. The van der Waals surface area contributed by atoms with E-state index in [0.717, 1.165) is 36.9 Å². The minimum Gasteiger partial charge on any atom is -0.326 e. The molecule has 0 spiro atoms. The van der Waals surface area contributed by atoms with Gasteiger partial charge in [0.05, 0.1) is 10.6 Å². The van der Waals surface area contributed by atoms with Crippen LogP contribution >= 0.6 is 11.6 Å². The van der Waals surface area contributed by atoms with Crippen molar-refractivity contribution in [1.29, 1.82) is 0 Å². The molecule has 2 aromatic rings. The Morgan fingerprint density at radius 2 is 1.64 bits per heavy atom. The molecule has 3 rings (SSSR count). The molecule has 8 heteroatoms. The van der Waals surface area contributed by atoms with Gasteiger partial charge in [0.1, 0.15) is 0 Å². The Bertz CT molecular complexity index is 965. The first-order valence-corrected chi connectivity index (χ1v) is 10.9. The molecule has 0 aliphatic heterocycles. The summed E-state index contributed by atoms with van der Waals surface area (Å²) < 4.78 is 24.5. The number of nitrogens with zero attached hydrogens (tertiary/aromatic N) is 1. The molecule has 0 bridgehead atoms. The van der Waals surface area contributed by atoms with E-state index in [4.69, 9.17) is 11.6 Å². The lowest BCUT2D eigenvalue weighted by molar-refractivity contribution is -0.119. The van der Waals surface area contributed by atoms with E-state index in [1.54, 1.807) is 31.2 Å². The van der Waals surface area contributed by atoms with E-state index in [-0.39, 0.29) is 16.7 Å². The van der Waals surface area contributed by atoms with Gasteiger partial charge in [0.2, 0.25) is 5.91 Å². The summed E-state index contributed by atoms with van der Waals surface area (Å²) >= 11 is 5.78. The van der Waals surface area contributed by atoms with Crippen LogP contribution in [-0.4, -0.2) is 20.0 Å². The second kappa shape index (κ2) is 8.75. The van der Waals surface area contributed by atoms with Crippen molar-refractivity contribution in [3.8, 4) is 0 Å². The molecule has 1 fully saturated rings. The highest BCUT2D eigenvalue weighted by molar-refractivity contribution is 7.89. The summed E-state index contributed by atoms with van der Waals surface area (Å²) in [4.78, 5) is 14.5. The molecule has 0 saturated heterocycles. The molecular formula is C20H22ClN3O3S. The van der Waals surface area contributed by atoms with Gasteiger partial charge >= 0.3 is 0 Å². The largest absolute Gasteiger partial charge is 0.326 e. The molecule has 0 heterocycles. The first-order valence-electron chi connectivity index (χ1n) is 9.08. The molecular weight excluding hydrogens is 398 g/mol. The smallest absolute Gasteiger partial charge is 0.276 e. The number of hydrogen-bond acceptors (Lipinski definition) is 4. The Balaban J connectivity index is 1.64. The highest BCUT2D eigenvalue weighted by atomic mass is 35.5. The normalized spacial score (nSPS) is 15.4. The van der Waals surface area contributed by atoms with Crippen LogP contribution in [0.1, 0.15) is 38.2 Å². The van der Waals surface area contributed by atoms with E-state index in [0.29, 0.717) is 10.7 Å².